The average Bonchev–Trinajstić information content (AvgIpc) is 3.01. The molecule has 3 rings (SSSR count). The van der Waals surface area contributed by atoms with Gasteiger partial charge in [-0.15, -0.1) is 0 Å². The van der Waals surface area contributed by atoms with Gasteiger partial charge in [-0.05, 0) is 32.0 Å². The SMILES string of the molecule is COc1ccc(CN[C@H](C)c2cnn(-c3ccc(F)cc3F)c2C)c(O)c1. The summed E-state index contributed by atoms with van der Waals surface area (Å²) in [4.78, 5) is 0. The Balaban J connectivity index is 1.76. The molecule has 142 valence electrons. The van der Waals surface area contributed by atoms with E-state index in [9.17, 15) is 13.9 Å². The van der Waals surface area contributed by atoms with Gasteiger partial charge in [-0.25, -0.2) is 13.5 Å². The number of phenols is 1. The largest absolute Gasteiger partial charge is 0.507 e. The number of nitrogens with one attached hydrogen (secondary N) is 1. The van der Waals surface area contributed by atoms with Crippen molar-refractivity contribution in [3.63, 3.8) is 0 Å². The molecule has 0 saturated carbocycles. The fourth-order valence-corrected chi connectivity index (χ4v) is 2.94. The maximum absolute atomic E-state index is 14.0. The summed E-state index contributed by atoms with van der Waals surface area (Å²) >= 11 is 0. The molecular formula is C20H21F2N3O2. The van der Waals surface area contributed by atoms with E-state index in [4.69, 9.17) is 4.74 Å². The van der Waals surface area contributed by atoms with E-state index in [2.05, 4.69) is 10.4 Å². The van der Waals surface area contributed by atoms with Crippen molar-refractivity contribution in [1.82, 2.24) is 15.1 Å². The summed E-state index contributed by atoms with van der Waals surface area (Å²) in [6.45, 7) is 4.22. The van der Waals surface area contributed by atoms with Crippen LogP contribution in [0.1, 0.15) is 29.8 Å². The van der Waals surface area contributed by atoms with Gasteiger partial charge in [0.25, 0.3) is 0 Å². The zero-order valence-electron chi connectivity index (χ0n) is 15.3. The van der Waals surface area contributed by atoms with Crippen LogP contribution in [-0.2, 0) is 6.54 Å². The van der Waals surface area contributed by atoms with Crippen LogP contribution in [0.4, 0.5) is 8.78 Å². The minimum absolute atomic E-state index is 0.0937. The van der Waals surface area contributed by atoms with Gasteiger partial charge in [0.2, 0.25) is 0 Å². The Morgan fingerprint density at radius 3 is 2.67 bits per heavy atom. The van der Waals surface area contributed by atoms with Crippen LogP contribution >= 0.6 is 0 Å². The average molecular weight is 373 g/mol. The van der Waals surface area contributed by atoms with Crippen molar-refractivity contribution < 1.29 is 18.6 Å². The Morgan fingerprint density at radius 2 is 2.00 bits per heavy atom. The normalized spacial score (nSPS) is 12.2. The van der Waals surface area contributed by atoms with E-state index in [-0.39, 0.29) is 17.5 Å². The van der Waals surface area contributed by atoms with Gasteiger partial charge in [0.15, 0.2) is 5.82 Å². The molecule has 2 N–H and O–H groups in total. The quantitative estimate of drug-likeness (QED) is 0.685. The first kappa shape index (κ1) is 18.8. The highest BCUT2D eigenvalue weighted by atomic mass is 19.1. The third-order valence-corrected chi connectivity index (χ3v) is 4.54. The molecule has 27 heavy (non-hydrogen) atoms. The number of benzene rings is 2. The molecule has 1 aromatic heterocycles. The molecule has 0 aliphatic heterocycles. The first-order valence-corrected chi connectivity index (χ1v) is 8.50. The molecule has 0 bridgehead atoms. The molecule has 5 nitrogen and oxygen atoms in total. The zero-order chi connectivity index (χ0) is 19.6. The van der Waals surface area contributed by atoms with Crippen molar-refractivity contribution in [2.75, 3.05) is 7.11 Å². The van der Waals surface area contributed by atoms with E-state index in [1.165, 1.54) is 16.8 Å². The molecule has 1 heterocycles. The molecule has 0 fully saturated rings. The third-order valence-electron chi connectivity index (χ3n) is 4.54. The Kier molecular flexibility index (Phi) is 5.41. The van der Waals surface area contributed by atoms with Crippen LogP contribution < -0.4 is 10.1 Å². The number of nitrogens with zero attached hydrogens (tertiary/aromatic N) is 2. The first-order valence-electron chi connectivity index (χ1n) is 8.50. The van der Waals surface area contributed by atoms with Crippen molar-refractivity contribution in [3.8, 4) is 17.2 Å². The van der Waals surface area contributed by atoms with Crippen LogP contribution in [-0.4, -0.2) is 22.0 Å². The minimum Gasteiger partial charge on any atom is -0.507 e. The Labute approximate surface area is 156 Å². The number of methoxy groups -OCH3 is 1. The third kappa shape index (κ3) is 3.93. The van der Waals surface area contributed by atoms with Crippen LogP contribution in [0.15, 0.2) is 42.6 Å². The second kappa shape index (κ2) is 7.75. The maximum Gasteiger partial charge on any atom is 0.151 e. The molecule has 0 amide bonds. The highest BCUT2D eigenvalue weighted by molar-refractivity contribution is 5.40. The summed E-state index contributed by atoms with van der Waals surface area (Å²) in [7, 11) is 1.54. The molecule has 0 radical (unpaired) electrons. The second-order valence-corrected chi connectivity index (χ2v) is 6.29. The van der Waals surface area contributed by atoms with Crippen LogP contribution in [0.2, 0.25) is 0 Å². The molecule has 0 spiro atoms. The van der Waals surface area contributed by atoms with E-state index in [1.807, 2.05) is 13.8 Å². The Hall–Kier alpha value is -2.93. The van der Waals surface area contributed by atoms with E-state index in [1.54, 1.807) is 31.5 Å². The van der Waals surface area contributed by atoms with Crippen LogP contribution in [0.25, 0.3) is 5.69 Å². The molecule has 0 saturated heterocycles. The van der Waals surface area contributed by atoms with E-state index < -0.39 is 11.6 Å². The van der Waals surface area contributed by atoms with Crippen molar-refractivity contribution in [2.45, 2.75) is 26.4 Å². The molecular weight excluding hydrogens is 352 g/mol. The standard InChI is InChI=1S/C20H21F2N3O2/c1-12(23-10-14-4-6-16(27-3)9-20(14)26)17-11-24-25(13(17)2)19-7-5-15(21)8-18(19)22/h4-9,11-12,23,26H,10H2,1-3H3/t12-/m1/s1. The number of rotatable bonds is 6. The lowest BCUT2D eigenvalue weighted by molar-refractivity contribution is 0.405. The minimum atomic E-state index is -0.670. The van der Waals surface area contributed by atoms with Crippen molar-refractivity contribution >= 4 is 0 Å². The first-order chi connectivity index (χ1) is 12.9. The molecule has 0 aliphatic carbocycles. The number of aromatic nitrogens is 2. The highest BCUT2D eigenvalue weighted by Crippen LogP contribution is 2.25. The van der Waals surface area contributed by atoms with Crippen molar-refractivity contribution in [1.29, 1.82) is 0 Å². The summed E-state index contributed by atoms with van der Waals surface area (Å²) in [5.41, 5.74) is 2.56. The van der Waals surface area contributed by atoms with Crippen molar-refractivity contribution in [3.05, 3.63) is 71.1 Å². The highest BCUT2D eigenvalue weighted by Gasteiger charge is 2.17. The van der Waals surface area contributed by atoms with Crippen LogP contribution in [0, 0.1) is 18.6 Å². The fourth-order valence-electron chi connectivity index (χ4n) is 2.94. The number of hydrogen-bond donors (Lipinski definition) is 2. The zero-order valence-corrected chi connectivity index (χ0v) is 15.3. The smallest absolute Gasteiger partial charge is 0.151 e. The number of ether oxygens (including phenoxy) is 1. The van der Waals surface area contributed by atoms with Gasteiger partial charge in [-0.2, -0.15) is 5.10 Å². The molecule has 2 aromatic carbocycles. The topological polar surface area (TPSA) is 59.3 Å². The molecule has 1 atom stereocenters. The number of phenolic OH excluding ortho intramolecular Hbond substituents is 1. The maximum atomic E-state index is 14.0. The predicted molar refractivity (Wildman–Crippen MR) is 98.1 cm³/mol. The monoisotopic (exact) mass is 373 g/mol. The summed E-state index contributed by atoms with van der Waals surface area (Å²) in [6.07, 6.45) is 1.66. The Morgan fingerprint density at radius 1 is 1.22 bits per heavy atom. The summed E-state index contributed by atoms with van der Waals surface area (Å²) < 4.78 is 33.7. The summed E-state index contributed by atoms with van der Waals surface area (Å²) in [5.74, 6) is -0.565. The fraction of sp³-hybridized carbons (Fsp3) is 0.250. The summed E-state index contributed by atoms with van der Waals surface area (Å²) in [6, 6.07) is 8.44. The number of halogens is 2. The second-order valence-electron chi connectivity index (χ2n) is 6.29. The number of hydrogen-bond acceptors (Lipinski definition) is 4. The van der Waals surface area contributed by atoms with Gasteiger partial charge < -0.3 is 15.2 Å². The van der Waals surface area contributed by atoms with Gasteiger partial charge in [0.1, 0.15) is 23.0 Å². The Bertz CT molecular complexity index is 956. The molecule has 0 unspecified atom stereocenters. The van der Waals surface area contributed by atoms with Gasteiger partial charge in [0.05, 0.1) is 13.3 Å². The van der Waals surface area contributed by atoms with Crippen LogP contribution in [0.5, 0.6) is 11.5 Å². The van der Waals surface area contributed by atoms with Gasteiger partial charge in [0, 0.05) is 41.5 Å². The van der Waals surface area contributed by atoms with E-state index in [0.717, 1.165) is 22.9 Å². The molecule has 0 aliphatic rings. The van der Waals surface area contributed by atoms with Crippen LogP contribution in [0.3, 0.4) is 0 Å². The lowest BCUT2D eigenvalue weighted by Gasteiger charge is -2.15. The van der Waals surface area contributed by atoms with Crippen molar-refractivity contribution in [2.24, 2.45) is 0 Å². The van der Waals surface area contributed by atoms with E-state index in [0.29, 0.717) is 12.3 Å². The summed E-state index contributed by atoms with van der Waals surface area (Å²) in [5, 5.41) is 17.6. The van der Waals surface area contributed by atoms with Gasteiger partial charge in [-0.3, -0.25) is 0 Å². The lowest BCUT2D eigenvalue weighted by Crippen LogP contribution is -2.18. The lowest BCUT2D eigenvalue weighted by atomic mass is 10.1. The molecule has 7 heteroatoms. The van der Waals surface area contributed by atoms with Gasteiger partial charge >= 0.3 is 0 Å². The van der Waals surface area contributed by atoms with Gasteiger partial charge in [-0.1, -0.05) is 6.07 Å². The molecule has 3 aromatic rings. The number of aromatic hydroxyl groups is 1. The predicted octanol–water partition coefficient (Wildman–Crippen LogP) is 4.02. The van der Waals surface area contributed by atoms with E-state index >= 15 is 0 Å².